The number of amides is 1. The summed E-state index contributed by atoms with van der Waals surface area (Å²) in [6.07, 6.45) is 1.86. The van der Waals surface area contributed by atoms with E-state index in [0.717, 1.165) is 11.8 Å². The van der Waals surface area contributed by atoms with Crippen molar-refractivity contribution < 1.29 is 24.2 Å². The molecule has 8 heteroatoms. The van der Waals surface area contributed by atoms with Gasteiger partial charge in [0, 0.05) is 19.6 Å². The molecule has 1 rings (SSSR count). The van der Waals surface area contributed by atoms with Gasteiger partial charge in [-0.15, -0.1) is 0 Å². The Balaban J connectivity index is 2.71. The Kier molecular flexibility index (Phi) is 6.80. The Hall–Kier alpha value is -1.28. The summed E-state index contributed by atoms with van der Waals surface area (Å²) < 4.78 is 5.06. The zero-order chi connectivity index (χ0) is 15.1. The van der Waals surface area contributed by atoms with Gasteiger partial charge >= 0.3 is 12.1 Å². The fourth-order valence-corrected chi connectivity index (χ4v) is 2.48. The first-order chi connectivity index (χ1) is 9.49. The quantitative estimate of drug-likeness (QED) is 0.791. The van der Waals surface area contributed by atoms with Crippen molar-refractivity contribution in [3.05, 3.63) is 0 Å². The predicted octanol–water partition coefficient (Wildman–Crippen LogP) is 0.493. The van der Waals surface area contributed by atoms with E-state index in [0.29, 0.717) is 26.1 Å². The van der Waals surface area contributed by atoms with Gasteiger partial charge in [-0.25, -0.2) is 4.79 Å². The maximum atomic E-state index is 11.9. The van der Waals surface area contributed by atoms with E-state index in [-0.39, 0.29) is 18.2 Å². The molecule has 1 fully saturated rings. The van der Waals surface area contributed by atoms with Crippen molar-refractivity contribution in [2.45, 2.75) is 19.4 Å². The molecule has 1 atom stereocenters. The van der Waals surface area contributed by atoms with Crippen LogP contribution in [-0.2, 0) is 14.3 Å². The minimum Gasteiger partial charge on any atom is -0.480 e. The molecular weight excluding hydrogens is 284 g/mol. The van der Waals surface area contributed by atoms with Crippen LogP contribution < -0.4 is 0 Å². The van der Waals surface area contributed by atoms with Crippen molar-refractivity contribution in [2.24, 2.45) is 0 Å². The summed E-state index contributed by atoms with van der Waals surface area (Å²) in [5.41, 5.74) is 0. The number of carbonyl (C=O) groups is 3. The van der Waals surface area contributed by atoms with Crippen LogP contribution in [-0.4, -0.2) is 77.2 Å². The molecule has 0 radical (unpaired) electrons. The zero-order valence-electron chi connectivity index (χ0n) is 11.7. The molecular formula is C12H20N2O5S. The van der Waals surface area contributed by atoms with Crippen LogP contribution in [0.4, 0.5) is 4.79 Å². The number of hydrogen-bond donors (Lipinski definition) is 1. The van der Waals surface area contributed by atoms with Crippen molar-refractivity contribution >= 4 is 28.9 Å². The van der Waals surface area contributed by atoms with Gasteiger partial charge < -0.3 is 9.84 Å². The number of thioether (sulfide) groups is 1. The minimum absolute atomic E-state index is 0.129. The highest BCUT2D eigenvalue weighted by molar-refractivity contribution is 8.13. The number of aliphatic carboxylic acids is 1. The molecule has 7 nitrogen and oxygen atoms in total. The molecule has 0 aromatic rings. The van der Waals surface area contributed by atoms with Crippen LogP contribution in [0.25, 0.3) is 0 Å². The molecule has 0 aromatic heterocycles. The van der Waals surface area contributed by atoms with Crippen LogP contribution in [0.15, 0.2) is 0 Å². The predicted molar refractivity (Wildman–Crippen MR) is 74.7 cm³/mol. The van der Waals surface area contributed by atoms with Crippen LogP contribution in [0.1, 0.15) is 13.3 Å². The molecule has 1 aliphatic heterocycles. The molecule has 1 N–H and O–H groups in total. The zero-order valence-corrected chi connectivity index (χ0v) is 12.5. The maximum Gasteiger partial charge on any atom is 0.410 e. The minimum atomic E-state index is -0.942. The van der Waals surface area contributed by atoms with Gasteiger partial charge in [-0.3, -0.25) is 19.4 Å². The highest BCUT2D eigenvalue weighted by Gasteiger charge is 2.36. The second-order valence-electron chi connectivity index (χ2n) is 4.48. The summed E-state index contributed by atoms with van der Waals surface area (Å²) in [7, 11) is 0. The third kappa shape index (κ3) is 4.68. The number of rotatable bonds is 5. The van der Waals surface area contributed by atoms with Gasteiger partial charge in [-0.05, 0) is 12.7 Å². The van der Waals surface area contributed by atoms with Crippen LogP contribution in [0.5, 0.6) is 0 Å². The van der Waals surface area contributed by atoms with E-state index in [1.165, 1.54) is 4.90 Å². The summed E-state index contributed by atoms with van der Waals surface area (Å²) in [6.45, 7) is 3.03. The molecule has 0 spiro atoms. The van der Waals surface area contributed by atoms with E-state index in [2.05, 4.69) is 0 Å². The monoisotopic (exact) mass is 304 g/mol. The highest BCUT2D eigenvalue weighted by Crippen LogP contribution is 2.16. The molecule has 0 saturated carbocycles. The number of hydrogen-bond acceptors (Lipinski definition) is 6. The first kappa shape index (κ1) is 16.8. The van der Waals surface area contributed by atoms with Gasteiger partial charge in [-0.2, -0.15) is 0 Å². The summed E-state index contributed by atoms with van der Waals surface area (Å²) in [6, 6.07) is -0.651. The summed E-state index contributed by atoms with van der Waals surface area (Å²) in [5, 5.41) is 8.64. The lowest BCUT2D eigenvalue weighted by molar-refractivity contribution is -0.139. The average molecular weight is 304 g/mol. The largest absolute Gasteiger partial charge is 0.480 e. The Morgan fingerprint density at radius 1 is 1.35 bits per heavy atom. The molecule has 1 heterocycles. The summed E-state index contributed by atoms with van der Waals surface area (Å²) in [5.74, 6) is -0.942. The van der Waals surface area contributed by atoms with Gasteiger partial charge in [-0.1, -0.05) is 18.7 Å². The van der Waals surface area contributed by atoms with Gasteiger partial charge in [0.25, 0.3) is 0 Å². The van der Waals surface area contributed by atoms with Gasteiger partial charge in [0.05, 0.1) is 13.2 Å². The fourth-order valence-electron chi connectivity index (χ4n) is 2.00. The molecule has 1 unspecified atom stereocenters. The highest BCUT2D eigenvalue weighted by atomic mass is 32.2. The topological polar surface area (TPSA) is 87.2 Å². The number of carbonyl (C=O) groups excluding carboxylic acids is 2. The lowest BCUT2D eigenvalue weighted by Gasteiger charge is -2.38. The van der Waals surface area contributed by atoms with Crippen molar-refractivity contribution in [1.82, 2.24) is 9.80 Å². The van der Waals surface area contributed by atoms with Crippen LogP contribution in [0, 0.1) is 0 Å². The summed E-state index contributed by atoms with van der Waals surface area (Å²) >= 11 is 1.03. The smallest absolute Gasteiger partial charge is 0.410 e. The molecule has 1 amide bonds. The average Bonchev–Trinajstić information content (AvgIpc) is 2.43. The Labute approximate surface area is 122 Å². The molecule has 114 valence electrons. The summed E-state index contributed by atoms with van der Waals surface area (Å²) in [4.78, 5) is 37.6. The Bertz CT molecular complexity index is 377. The second kappa shape index (κ2) is 8.11. The normalized spacial score (nSPS) is 19.7. The lowest BCUT2D eigenvalue weighted by atomic mass is 10.2. The number of carboxylic acid groups (broad SMARTS) is 1. The van der Waals surface area contributed by atoms with Crippen LogP contribution in [0.2, 0.25) is 0 Å². The molecule has 1 aliphatic rings. The van der Waals surface area contributed by atoms with E-state index >= 15 is 0 Å². The number of piperazine rings is 1. The van der Waals surface area contributed by atoms with Gasteiger partial charge in [0.1, 0.15) is 6.04 Å². The van der Waals surface area contributed by atoms with Crippen LogP contribution >= 0.6 is 11.8 Å². The lowest BCUT2D eigenvalue weighted by Crippen LogP contribution is -2.58. The van der Waals surface area contributed by atoms with E-state index in [4.69, 9.17) is 9.84 Å². The van der Waals surface area contributed by atoms with Crippen LogP contribution in [0.3, 0.4) is 0 Å². The molecule has 0 bridgehead atoms. The van der Waals surface area contributed by atoms with Gasteiger partial charge in [0.2, 0.25) is 5.12 Å². The standard InChI is InChI=1S/C12H20N2O5S/c1-3-6-19-12(18)14-5-4-13(8-10(15)16)7-9(14)11(17)20-2/h9H,3-8H2,1-2H3,(H,15,16). The second-order valence-corrected chi connectivity index (χ2v) is 5.29. The first-order valence-electron chi connectivity index (χ1n) is 6.45. The molecule has 0 aromatic carbocycles. The number of ether oxygens (including phenoxy) is 1. The fraction of sp³-hybridized carbons (Fsp3) is 0.750. The third-order valence-corrected chi connectivity index (χ3v) is 3.64. The van der Waals surface area contributed by atoms with Crippen molar-refractivity contribution in [3.63, 3.8) is 0 Å². The molecule has 20 heavy (non-hydrogen) atoms. The SMILES string of the molecule is CCCOC(=O)N1CCN(CC(=O)O)CC1C(=O)SC. The third-order valence-electron chi connectivity index (χ3n) is 2.96. The molecule has 0 aliphatic carbocycles. The van der Waals surface area contributed by atoms with Crippen molar-refractivity contribution in [2.75, 3.05) is 39.0 Å². The van der Waals surface area contributed by atoms with E-state index in [9.17, 15) is 14.4 Å². The molecule has 1 saturated heterocycles. The van der Waals surface area contributed by atoms with Gasteiger partial charge in [0.15, 0.2) is 0 Å². The Morgan fingerprint density at radius 2 is 2.05 bits per heavy atom. The van der Waals surface area contributed by atoms with Crippen molar-refractivity contribution in [3.8, 4) is 0 Å². The maximum absolute atomic E-state index is 11.9. The Morgan fingerprint density at radius 3 is 2.60 bits per heavy atom. The first-order valence-corrected chi connectivity index (χ1v) is 7.67. The van der Waals surface area contributed by atoms with E-state index in [1.807, 2.05) is 6.92 Å². The van der Waals surface area contributed by atoms with Crippen molar-refractivity contribution in [1.29, 1.82) is 0 Å². The van der Waals surface area contributed by atoms with E-state index in [1.54, 1.807) is 11.2 Å². The number of nitrogens with zero attached hydrogens (tertiary/aromatic N) is 2. The van der Waals surface area contributed by atoms with E-state index < -0.39 is 18.1 Å². The number of carboxylic acids is 1.